The van der Waals surface area contributed by atoms with E-state index in [0.717, 1.165) is 21.5 Å². The monoisotopic (exact) mass is 266 g/mol. The van der Waals surface area contributed by atoms with Gasteiger partial charge >= 0.3 is 0 Å². The third kappa shape index (κ3) is 2.15. The summed E-state index contributed by atoms with van der Waals surface area (Å²) in [5.74, 6) is 0.541. The van der Waals surface area contributed by atoms with Gasteiger partial charge in [-0.05, 0) is 45.6 Å². The standard InChI is InChI=1S/C9H9BrCl2/c1-2-6-4-9(12)8(10)3-7(6)5-11/h3-4H,2,5H2,1H3. The van der Waals surface area contributed by atoms with Gasteiger partial charge in [0.1, 0.15) is 0 Å². The van der Waals surface area contributed by atoms with Crippen molar-refractivity contribution in [1.82, 2.24) is 0 Å². The Morgan fingerprint density at radius 1 is 1.33 bits per heavy atom. The zero-order chi connectivity index (χ0) is 9.14. The van der Waals surface area contributed by atoms with Crippen molar-refractivity contribution in [3.63, 3.8) is 0 Å². The SMILES string of the molecule is CCc1cc(Cl)c(Br)cc1CCl. The number of hydrogen-bond donors (Lipinski definition) is 0. The average Bonchev–Trinajstić information content (AvgIpc) is 2.09. The minimum Gasteiger partial charge on any atom is -0.122 e. The van der Waals surface area contributed by atoms with Crippen LogP contribution in [0.1, 0.15) is 18.1 Å². The summed E-state index contributed by atoms with van der Waals surface area (Å²) >= 11 is 15.1. The van der Waals surface area contributed by atoms with Crippen LogP contribution in [0.4, 0.5) is 0 Å². The Balaban J connectivity index is 3.19. The Bertz CT molecular complexity index is 255. The summed E-state index contributed by atoms with van der Waals surface area (Å²) < 4.78 is 0.914. The van der Waals surface area contributed by atoms with Gasteiger partial charge in [0.05, 0.1) is 5.02 Å². The van der Waals surface area contributed by atoms with Gasteiger partial charge in [0.15, 0.2) is 0 Å². The third-order valence-corrected chi connectivity index (χ3v) is 3.25. The van der Waals surface area contributed by atoms with E-state index in [4.69, 9.17) is 23.2 Å². The highest BCUT2D eigenvalue weighted by molar-refractivity contribution is 9.10. The maximum Gasteiger partial charge on any atom is 0.0551 e. The fourth-order valence-electron chi connectivity index (χ4n) is 1.08. The fraction of sp³-hybridized carbons (Fsp3) is 0.333. The van der Waals surface area contributed by atoms with Crippen LogP contribution in [0.2, 0.25) is 5.02 Å². The van der Waals surface area contributed by atoms with Crippen LogP contribution >= 0.6 is 39.1 Å². The van der Waals surface area contributed by atoms with Crippen LogP contribution in [0.5, 0.6) is 0 Å². The molecule has 0 spiro atoms. The molecule has 0 saturated heterocycles. The van der Waals surface area contributed by atoms with E-state index < -0.39 is 0 Å². The molecule has 0 saturated carbocycles. The summed E-state index contributed by atoms with van der Waals surface area (Å²) in [5.41, 5.74) is 2.37. The number of alkyl halides is 1. The van der Waals surface area contributed by atoms with Gasteiger partial charge in [-0.15, -0.1) is 11.6 Å². The van der Waals surface area contributed by atoms with E-state index in [2.05, 4.69) is 22.9 Å². The fourth-order valence-corrected chi connectivity index (χ4v) is 1.91. The predicted molar refractivity (Wildman–Crippen MR) is 58.1 cm³/mol. The Labute approximate surface area is 91.0 Å². The topological polar surface area (TPSA) is 0 Å². The van der Waals surface area contributed by atoms with Crippen molar-refractivity contribution < 1.29 is 0 Å². The van der Waals surface area contributed by atoms with Gasteiger partial charge in [-0.2, -0.15) is 0 Å². The lowest BCUT2D eigenvalue weighted by Gasteiger charge is -2.06. The zero-order valence-corrected chi connectivity index (χ0v) is 9.80. The van der Waals surface area contributed by atoms with Gasteiger partial charge in [-0.25, -0.2) is 0 Å². The van der Waals surface area contributed by atoms with Crippen molar-refractivity contribution >= 4 is 39.1 Å². The minimum absolute atomic E-state index is 0.541. The first kappa shape index (κ1) is 10.4. The van der Waals surface area contributed by atoms with Gasteiger partial charge in [0.25, 0.3) is 0 Å². The first-order chi connectivity index (χ1) is 5.69. The van der Waals surface area contributed by atoms with Crippen molar-refractivity contribution in [1.29, 1.82) is 0 Å². The molecule has 0 heterocycles. The molecule has 0 unspecified atom stereocenters. The second-order valence-electron chi connectivity index (χ2n) is 2.52. The van der Waals surface area contributed by atoms with Crippen LogP contribution in [0, 0.1) is 0 Å². The summed E-state index contributed by atoms with van der Waals surface area (Å²) in [6.45, 7) is 2.09. The number of benzene rings is 1. The first-order valence-electron chi connectivity index (χ1n) is 3.71. The Morgan fingerprint density at radius 3 is 2.50 bits per heavy atom. The predicted octanol–water partition coefficient (Wildman–Crippen LogP) is 4.40. The van der Waals surface area contributed by atoms with Crippen LogP contribution < -0.4 is 0 Å². The van der Waals surface area contributed by atoms with Gasteiger partial charge in [0.2, 0.25) is 0 Å². The van der Waals surface area contributed by atoms with Crippen LogP contribution in [0.15, 0.2) is 16.6 Å². The molecule has 0 N–H and O–H groups in total. The molecule has 12 heavy (non-hydrogen) atoms. The van der Waals surface area contributed by atoms with Crippen molar-refractivity contribution in [2.24, 2.45) is 0 Å². The van der Waals surface area contributed by atoms with Crippen LogP contribution in [0.3, 0.4) is 0 Å². The van der Waals surface area contributed by atoms with E-state index in [1.54, 1.807) is 0 Å². The molecule has 0 nitrogen and oxygen atoms in total. The highest BCUT2D eigenvalue weighted by atomic mass is 79.9. The highest BCUT2D eigenvalue weighted by Crippen LogP contribution is 2.27. The number of rotatable bonds is 2. The summed E-state index contributed by atoms with van der Waals surface area (Å²) in [7, 11) is 0. The molecule has 0 fully saturated rings. The molecule has 0 radical (unpaired) electrons. The van der Waals surface area contributed by atoms with E-state index >= 15 is 0 Å². The molecule has 0 atom stereocenters. The molecule has 66 valence electrons. The molecule has 0 amide bonds. The maximum atomic E-state index is 5.93. The Kier molecular flexibility index (Phi) is 3.88. The average molecular weight is 268 g/mol. The Morgan fingerprint density at radius 2 is 2.00 bits per heavy atom. The smallest absolute Gasteiger partial charge is 0.0551 e. The minimum atomic E-state index is 0.541. The maximum absolute atomic E-state index is 5.93. The quantitative estimate of drug-likeness (QED) is 0.697. The van der Waals surface area contributed by atoms with Gasteiger partial charge < -0.3 is 0 Å². The van der Waals surface area contributed by atoms with E-state index in [-0.39, 0.29) is 0 Å². The van der Waals surface area contributed by atoms with Crippen molar-refractivity contribution in [2.45, 2.75) is 19.2 Å². The second-order valence-corrected chi connectivity index (χ2v) is 4.05. The van der Waals surface area contributed by atoms with E-state index in [0.29, 0.717) is 5.88 Å². The summed E-state index contributed by atoms with van der Waals surface area (Å²) in [5, 5.41) is 0.751. The van der Waals surface area contributed by atoms with Crippen LogP contribution in [0.25, 0.3) is 0 Å². The molecule has 3 heteroatoms. The van der Waals surface area contributed by atoms with Crippen molar-refractivity contribution in [2.75, 3.05) is 0 Å². The second kappa shape index (κ2) is 4.50. The lowest BCUT2D eigenvalue weighted by Crippen LogP contribution is -1.89. The first-order valence-corrected chi connectivity index (χ1v) is 5.42. The summed E-state index contributed by atoms with van der Waals surface area (Å²) in [6.07, 6.45) is 0.967. The molecular formula is C9H9BrCl2. The van der Waals surface area contributed by atoms with Gasteiger partial charge in [-0.1, -0.05) is 18.5 Å². The molecule has 0 aliphatic carbocycles. The lowest BCUT2D eigenvalue weighted by atomic mass is 10.1. The van der Waals surface area contributed by atoms with E-state index in [1.807, 2.05) is 12.1 Å². The molecule has 0 aliphatic heterocycles. The third-order valence-electron chi connectivity index (χ3n) is 1.77. The van der Waals surface area contributed by atoms with Gasteiger partial charge in [-0.3, -0.25) is 0 Å². The largest absolute Gasteiger partial charge is 0.122 e. The number of aryl methyl sites for hydroxylation is 1. The molecular weight excluding hydrogens is 259 g/mol. The molecule has 0 bridgehead atoms. The van der Waals surface area contributed by atoms with Crippen molar-refractivity contribution in [3.05, 3.63) is 32.8 Å². The molecule has 1 aromatic rings. The molecule has 1 rings (SSSR count). The van der Waals surface area contributed by atoms with Crippen LogP contribution in [-0.2, 0) is 12.3 Å². The number of halogens is 3. The van der Waals surface area contributed by atoms with Crippen LogP contribution in [-0.4, -0.2) is 0 Å². The number of hydrogen-bond acceptors (Lipinski definition) is 0. The zero-order valence-electron chi connectivity index (χ0n) is 6.70. The van der Waals surface area contributed by atoms with E-state index in [1.165, 1.54) is 5.56 Å². The normalized spacial score (nSPS) is 10.3. The highest BCUT2D eigenvalue weighted by Gasteiger charge is 2.04. The molecule has 0 aliphatic rings. The van der Waals surface area contributed by atoms with Gasteiger partial charge in [0, 0.05) is 10.4 Å². The summed E-state index contributed by atoms with van der Waals surface area (Å²) in [6, 6.07) is 3.94. The lowest BCUT2D eigenvalue weighted by molar-refractivity contribution is 1.10. The molecule has 0 aromatic heterocycles. The van der Waals surface area contributed by atoms with Crippen molar-refractivity contribution in [3.8, 4) is 0 Å². The van der Waals surface area contributed by atoms with E-state index in [9.17, 15) is 0 Å². The molecule has 1 aromatic carbocycles. The summed E-state index contributed by atoms with van der Waals surface area (Å²) in [4.78, 5) is 0. The Hall–Kier alpha value is 0.280.